The standard InChI is InChI=1S/C29H27FN8O3/c1-31-29(40)41-17-18-6-7-19-10-13-34-26(23(19)14-18)37(21-4-2-11-32-16-21)28(39)22-9-8-20(15-24(22)30)38-27-25(35-36-38)5-3-12-33-27/h3,5-10,12-15,21,32H,2,4,11,16-17H2,1H3,(H,31,40)/t21-/m1/s1. The van der Waals surface area contributed by atoms with Gasteiger partial charge in [-0.2, -0.15) is 4.68 Å². The molecule has 0 bridgehead atoms. The van der Waals surface area contributed by atoms with Crippen molar-refractivity contribution in [3.8, 4) is 5.69 Å². The fourth-order valence-electron chi connectivity index (χ4n) is 5.07. The molecule has 5 aromatic rings. The summed E-state index contributed by atoms with van der Waals surface area (Å²) in [6.07, 6.45) is 4.29. The monoisotopic (exact) mass is 554 g/mol. The van der Waals surface area contributed by atoms with Crippen molar-refractivity contribution in [2.75, 3.05) is 25.0 Å². The van der Waals surface area contributed by atoms with Crippen LogP contribution in [0.4, 0.5) is 15.0 Å². The number of pyridine rings is 2. The number of ether oxygens (including phenoxy) is 1. The van der Waals surface area contributed by atoms with Gasteiger partial charge in [0, 0.05) is 37.4 Å². The summed E-state index contributed by atoms with van der Waals surface area (Å²) in [6, 6.07) is 15.0. The Morgan fingerprint density at radius 2 is 2.05 bits per heavy atom. The first-order valence-corrected chi connectivity index (χ1v) is 13.3. The molecule has 2 amide bonds. The van der Waals surface area contributed by atoms with E-state index in [1.165, 1.54) is 23.9 Å². The van der Waals surface area contributed by atoms with Crippen LogP contribution in [0.1, 0.15) is 28.8 Å². The normalized spacial score (nSPS) is 15.1. The first kappa shape index (κ1) is 26.3. The van der Waals surface area contributed by atoms with Gasteiger partial charge >= 0.3 is 6.09 Å². The number of aromatic nitrogens is 5. The van der Waals surface area contributed by atoms with E-state index < -0.39 is 17.8 Å². The highest BCUT2D eigenvalue weighted by Gasteiger charge is 2.31. The number of halogens is 1. The van der Waals surface area contributed by atoms with Gasteiger partial charge in [0.05, 0.1) is 17.3 Å². The Hall–Kier alpha value is -4.97. The number of carbonyl (C=O) groups is 2. The molecular formula is C29H27FN8O3. The van der Waals surface area contributed by atoms with E-state index in [9.17, 15) is 9.59 Å². The minimum absolute atomic E-state index is 0.0464. The smallest absolute Gasteiger partial charge is 0.407 e. The highest BCUT2D eigenvalue weighted by atomic mass is 19.1. The molecule has 11 nitrogen and oxygen atoms in total. The van der Waals surface area contributed by atoms with Crippen molar-refractivity contribution in [1.29, 1.82) is 0 Å². The van der Waals surface area contributed by atoms with E-state index in [0.717, 1.165) is 30.3 Å². The zero-order valence-electron chi connectivity index (χ0n) is 22.2. The van der Waals surface area contributed by atoms with E-state index in [-0.39, 0.29) is 18.2 Å². The lowest BCUT2D eigenvalue weighted by molar-refractivity contribution is 0.0967. The summed E-state index contributed by atoms with van der Waals surface area (Å²) >= 11 is 0. The van der Waals surface area contributed by atoms with Gasteiger partial charge < -0.3 is 15.4 Å². The van der Waals surface area contributed by atoms with Crippen LogP contribution in [0.3, 0.4) is 0 Å². The van der Waals surface area contributed by atoms with Crippen LogP contribution in [0.25, 0.3) is 27.6 Å². The third-order valence-corrected chi connectivity index (χ3v) is 7.10. The molecule has 6 rings (SSSR count). The quantitative estimate of drug-likeness (QED) is 0.325. The molecule has 1 aliphatic rings. The molecule has 0 aliphatic carbocycles. The number of hydrogen-bond donors (Lipinski definition) is 2. The van der Waals surface area contributed by atoms with Crippen molar-refractivity contribution < 1.29 is 18.7 Å². The molecule has 2 N–H and O–H groups in total. The average molecular weight is 555 g/mol. The molecule has 4 heterocycles. The summed E-state index contributed by atoms with van der Waals surface area (Å²) < 4.78 is 22.4. The number of alkyl carbamates (subject to hydrolysis) is 1. The number of piperidine rings is 1. The van der Waals surface area contributed by atoms with Gasteiger partial charge in [-0.15, -0.1) is 5.10 Å². The van der Waals surface area contributed by atoms with E-state index in [4.69, 9.17) is 4.74 Å². The molecule has 1 atom stereocenters. The van der Waals surface area contributed by atoms with Crippen LogP contribution in [-0.2, 0) is 11.3 Å². The molecule has 0 spiro atoms. The number of benzene rings is 2. The summed E-state index contributed by atoms with van der Waals surface area (Å²) in [4.78, 5) is 36.3. The van der Waals surface area contributed by atoms with Crippen LogP contribution in [0.2, 0.25) is 0 Å². The van der Waals surface area contributed by atoms with E-state index in [1.54, 1.807) is 35.5 Å². The lowest BCUT2D eigenvalue weighted by atomic mass is 10.0. The number of nitrogens with zero attached hydrogens (tertiary/aromatic N) is 6. The predicted molar refractivity (Wildman–Crippen MR) is 150 cm³/mol. The van der Waals surface area contributed by atoms with Crippen LogP contribution in [0, 0.1) is 5.82 Å². The zero-order valence-corrected chi connectivity index (χ0v) is 22.2. The third-order valence-electron chi connectivity index (χ3n) is 7.10. The van der Waals surface area contributed by atoms with Crippen LogP contribution in [0.15, 0.2) is 67.0 Å². The minimum Gasteiger partial charge on any atom is -0.445 e. The Balaban J connectivity index is 1.40. The van der Waals surface area contributed by atoms with Gasteiger partial charge in [-0.1, -0.05) is 17.3 Å². The molecule has 3 aromatic heterocycles. The van der Waals surface area contributed by atoms with Gasteiger partial charge in [0.2, 0.25) is 0 Å². The Kier molecular flexibility index (Phi) is 7.21. The van der Waals surface area contributed by atoms with E-state index >= 15 is 4.39 Å². The molecular weight excluding hydrogens is 527 g/mol. The van der Waals surface area contributed by atoms with Gasteiger partial charge in [-0.25, -0.2) is 19.2 Å². The van der Waals surface area contributed by atoms with Gasteiger partial charge in [-0.3, -0.25) is 9.69 Å². The maximum Gasteiger partial charge on any atom is 0.407 e. The second-order valence-corrected chi connectivity index (χ2v) is 9.70. The van der Waals surface area contributed by atoms with Crippen LogP contribution in [-0.4, -0.2) is 63.1 Å². The van der Waals surface area contributed by atoms with Crippen molar-refractivity contribution >= 4 is 39.8 Å². The molecule has 41 heavy (non-hydrogen) atoms. The Morgan fingerprint density at radius 3 is 2.85 bits per heavy atom. The first-order chi connectivity index (χ1) is 20.0. The molecule has 12 heteroatoms. The molecule has 1 saturated heterocycles. The van der Waals surface area contributed by atoms with Crippen LogP contribution >= 0.6 is 0 Å². The van der Waals surface area contributed by atoms with Gasteiger partial charge in [0.25, 0.3) is 5.91 Å². The summed E-state index contributed by atoms with van der Waals surface area (Å²) in [5.41, 5.74) is 2.10. The topological polar surface area (TPSA) is 127 Å². The molecule has 1 aliphatic heterocycles. The maximum atomic E-state index is 15.7. The lowest BCUT2D eigenvalue weighted by Crippen LogP contribution is -2.49. The van der Waals surface area contributed by atoms with Crippen molar-refractivity contribution in [1.82, 2.24) is 35.6 Å². The number of hydrogen-bond acceptors (Lipinski definition) is 8. The van der Waals surface area contributed by atoms with Gasteiger partial charge in [-0.05, 0) is 66.7 Å². The molecule has 0 saturated carbocycles. The van der Waals surface area contributed by atoms with Crippen molar-refractivity contribution in [3.05, 3.63) is 83.9 Å². The van der Waals surface area contributed by atoms with E-state index in [0.29, 0.717) is 34.6 Å². The largest absolute Gasteiger partial charge is 0.445 e. The van der Waals surface area contributed by atoms with Gasteiger partial charge in [0.15, 0.2) is 5.65 Å². The Bertz CT molecular complexity index is 1750. The van der Waals surface area contributed by atoms with E-state index in [1.807, 2.05) is 24.3 Å². The first-order valence-electron chi connectivity index (χ1n) is 13.3. The fourth-order valence-corrected chi connectivity index (χ4v) is 5.07. The zero-order chi connectivity index (χ0) is 28.3. The maximum absolute atomic E-state index is 15.7. The number of nitrogens with one attached hydrogen (secondary N) is 2. The van der Waals surface area contributed by atoms with Crippen molar-refractivity contribution in [3.63, 3.8) is 0 Å². The highest BCUT2D eigenvalue weighted by molar-refractivity contribution is 6.10. The number of carbonyl (C=O) groups excluding carboxylic acids is 2. The Morgan fingerprint density at radius 1 is 1.15 bits per heavy atom. The summed E-state index contributed by atoms with van der Waals surface area (Å²) in [7, 11) is 1.49. The fraction of sp³-hybridized carbons (Fsp3) is 0.241. The molecule has 1 fully saturated rings. The molecule has 2 aromatic carbocycles. The lowest BCUT2D eigenvalue weighted by Gasteiger charge is -2.34. The molecule has 0 unspecified atom stereocenters. The average Bonchev–Trinajstić information content (AvgIpc) is 3.45. The van der Waals surface area contributed by atoms with Gasteiger partial charge in [0.1, 0.15) is 23.8 Å². The van der Waals surface area contributed by atoms with Crippen LogP contribution in [0.5, 0.6) is 0 Å². The number of fused-ring (bicyclic) bond motifs is 2. The Labute approximate surface area is 234 Å². The molecule has 0 radical (unpaired) electrons. The minimum atomic E-state index is -0.694. The highest BCUT2D eigenvalue weighted by Crippen LogP contribution is 2.31. The number of amides is 2. The predicted octanol–water partition coefficient (Wildman–Crippen LogP) is 3.76. The summed E-state index contributed by atoms with van der Waals surface area (Å²) in [5.74, 6) is -0.782. The van der Waals surface area contributed by atoms with Crippen molar-refractivity contribution in [2.24, 2.45) is 0 Å². The second kappa shape index (κ2) is 11.3. The number of rotatable bonds is 6. The summed E-state index contributed by atoms with van der Waals surface area (Å²) in [5, 5.41) is 15.5. The number of anilines is 1. The third kappa shape index (κ3) is 5.16. The summed E-state index contributed by atoms with van der Waals surface area (Å²) in [6.45, 7) is 1.43. The van der Waals surface area contributed by atoms with Crippen molar-refractivity contribution in [2.45, 2.75) is 25.5 Å². The van der Waals surface area contributed by atoms with E-state index in [2.05, 4.69) is 30.9 Å². The SMILES string of the molecule is CNC(=O)OCc1ccc2ccnc(N(C(=O)c3ccc(-n4nnc5cccnc54)cc3F)[C@@H]3CCCNC3)c2c1. The molecule has 208 valence electrons. The second-order valence-electron chi connectivity index (χ2n) is 9.70. The van der Waals surface area contributed by atoms with Crippen LogP contribution < -0.4 is 15.5 Å².